The molecule has 6 nitrogen and oxygen atoms in total. The van der Waals surface area contributed by atoms with Crippen LogP contribution in [0.2, 0.25) is 0 Å². The van der Waals surface area contributed by atoms with E-state index in [1.807, 2.05) is 13.8 Å². The molecule has 0 spiro atoms. The second kappa shape index (κ2) is 4.33. The van der Waals surface area contributed by atoms with E-state index in [-0.39, 0.29) is 23.4 Å². The lowest BCUT2D eigenvalue weighted by Gasteiger charge is -2.44. The van der Waals surface area contributed by atoms with Gasteiger partial charge < -0.3 is 4.90 Å². The van der Waals surface area contributed by atoms with Crippen molar-refractivity contribution in [2.45, 2.75) is 38.5 Å². The normalized spacial score (nSPS) is 35.8. The molecule has 8 heteroatoms. The predicted molar refractivity (Wildman–Crippen MR) is 81.7 cm³/mol. The molecule has 0 amide bonds. The molecule has 0 saturated heterocycles. The van der Waals surface area contributed by atoms with Crippen LogP contribution in [0.5, 0.6) is 0 Å². The highest BCUT2D eigenvalue weighted by atomic mass is 32.2. The van der Waals surface area contributed by atoms with E-state index in [9.17, 15) is 17.8 Å². The molecule has 1 N–H and O–H groups in total. The summed E-state index contributed by atoms with van der Waals surface area (Å²) in [5, 5.41) is -1.22. The van der Waals surface area contributed by atoms with E-state index in [0.717, 1.165) is 6.42 Å². The summed E-state index contributed by atoms with van der Waals surface area (Å²) in [5.41, 5.74) is -1.59. The molecule has 2 bridgehead atoms. The summed E-state index contributed by atoms with van der Waals surface area (Å²) >= 11 is 5.09. The number of hydrogen-bond donors (Lipinski definition) is 1. The highest BCUT2D eigenvalue weighted by Gasteiger charge is 2.71. The van der Waals surface area contributed by atoms with Gasteiger partial charge >= 0.3 is 0 Å². The van der Waals surface area contributed by atoms with Gasteiger partial charge in [-0.25, -0.2) is 4.99 Å². The third kappa shape index (κ3) is 1.78. The van der Waals surface area contributed by atoms with Gasteiger partial charge in [0.25, 0.3) is 10.1 Å². The summed E-state index contributed by atoms with van der Waals surface area (Å²) in [7, 11) is -4.47. The van der Waals surface area contributed by atoms with E-state index >= 15 is 0 Å². The molecule has 3 rings (SSSR count). The monoisotopic (exact) mass is 330 g/mol. The van der Waals surface area contributed by atoms with E-state index in [4.69, 9.17) is 12.2 Å². The molecule has 3 aliphatic rings. The summed E-state index contributed by atoms with van der Waals surface area (Å²) in [6, 6.07) is 0. The van der Waals surface area contributed by atoms with Crippen molar-refractivity contribution in [1.82, 2.24) is 4.90 Å². The van der Waals surface area contributed by atoms with Gasteiger partial charge in [-0.1, -0.05) is 13.8 Å². The van der Waals surface area contributed by atoms with Crippen molar-refractivity contribution < 1.29 is 17.8 Å². The Morgan fingerprint density at radius 3 is 2.57 bits per heavy atom. The van der Waals surface area contributed by atoms with Gasteiger partial charge in [0.15, 0.2) is 10.5 Å². The van der Waals surface area contributed by atoms with Crippen molar-refractivity contribution in [3.63, 3.8) is 0 Å². The van der Waals surface area contributed by atoms with Crippen molar-refractivity contribution in [2.75, 3.05) is 6.54 Å². The molecule has 116 valence electrons. The number of nitrogens with zero attached hydrogens (tertiary/aromatic N) is 2. The van der Waals surface area contributed by atoms with Crippen LogP contribution in [0, 0.1) is 16.7 Å². The van der Waals surface area contributed by atoms with Gasteiger partial charge in [-0.05, 0) is 36.4 Å². The Morgan fingerprint density at radius 2 is 2.19 bits per heavy atom. The lowest BCUT2D eigenvalue weighted by atomic mass is 9.68. The van der Waals surface area contributed by atoms with E-state index in [0.29, 0.717) is 12.8 Å². The highest BCUT2D eigenvalue weighted by Crippen LogP contribution is 2.66. The third-order valence-corrected chi connectivity index (χ3v) is 7.26. The first-order valence-electron chi connectivity index (χ1n) is 6.95. The molecular formula is C13H18N2O4S2. The molecule has 1 aliphatic heterocycles. The zero-order chi connectivity index (χ0) is 15.6. The van der Waals surface area contributed by atoms with Crippen LogP contribution in [0.15, 0.2) is 4.99 Å². The van der Waals surface area contributed by atoms with E-state index in [1.165, 1.54) is 11.1 Å². The van der Waals surface area contributed by atoms with Crippen molar-refractivity contribution in [3.8, 4) is 0 Å². The van der Waals surface area contributed by atoms with Crippen LogP contribution in [0.25, 0.3) is 0 Å². The number of fused-ring (bicyclic) bond motifs is 2. The highest BCUT2D eigenvalue weighted by molar-refractivity contribution is 7.86. The number of ketones is 1. The fraction of sp³-hybridized carbons (Fsp3) is 0.769. The van der Waals surface area contributed by atoms with Crippen LogP contribution in [0.1, 0.15) is 33.1 Å². The topological polar surface area (TPSA) is 87.0 Å². The maximum Gasteiger partial charge on any atom is 0.287 e. The van der Waals surface area contributed by atoms with Crippen molar-refractivity contribution in [2.24, 2.45) is 21.7 Å². The predicted octanol–water partition coefficient (Wildman–Crippen LogP) is 1.27. The number of carbonyl (C=O) groups is 1. The van der Waals surface area contributed by atoms with Gasteiger partial charge in [-0.15, -0.1) is 0 Å². The molecule has 0 aromatic heterocycles. The van der Waals surface area contributed by atoms with Crippen LogP contribution in [-0.4, -0.2) is 46.9 Å². The Labute approximate surface area is 129 Å². The number of aliphatic imine (C=N–C) groups is 1. The minimum Gasteiger partial charge on any atom is -0.322 e. The van der Waals surface area contributed by atoms with E-state index in [1.54, 1.807) is 0 Å². The number of Topliss-reactive ketones (excluding diaryl/α,β-unsaturated/α-hetero) is 1. The van der Waals surface area contributed by atoms with E-state index in [2.05, 4.69) is 4.99 Å². The summed E-state index contributed by atoms with van der Waals surface area (Å²) in [4.78, 5) is 17.9. The molecule has 2 aliphatic carbocycles. The van der Waals surface area contributed by atoms with E-state index < -0.39 is 26.3 Å². The first-order valence-corrected chi connectivity index (χ1v) is 8.86. The first kappa shape index (κ1) is 15.1. The van der Waals surface area contributed by atoms with Crippen LogP contribution in [0.4, 0.5) is 0 Å². The van der Waals surface area contributed by atoms with Gasteiger partial charge in [0.1, 0.15) is 5.78 Å². The van der Waals surface area contributed by atoms with Crippen LogP contribution in [0.3, 0.4) is 0 Å². The lowest BCUT2D eigenvalue weighted by molar-refractivity contribution is -0.131. The first-order chi connectivity index (χ1) is 9.62. The molecule has 0 aromatic rings. The standard InChI is InChI=1S/C13H18N2O4S2/c1-12(2)8-3-4-13(12,9(16)7-8)10(21(17,18)19)15-6-5-14-11(15)20/h5,8,10H,3-4,6-7H2,1-2H3,(H,17,18,19). The average molecular weight is 330 g/mol. The third-order valence-electron chi connectivity index (χ3n) is 5.70. The SMILES string of the molecule is CC1(C)C2CCC1(C(N1CC=NC1=S)S(=O)(=O)O)C(=O)C2. The van der Waals surface area contributed by atoms with Gasteiger partial charge in [0.2, 0.25) is 0 Å². The summed E-state index contributed by atoms with van der Waals surface area (Å²) < 4.78 is 34.1. The Bertz CT molecular complexity index is 655. The molecule has 0 radical (unpaired) electrons. The Morgan fingerprint density at radius 1 is 1.52 bits per heavy atom. The molecular weight excluding hydrogens is 312 g/mol. The second-order valence-electron chi connectivity index (χ2n) is 6.67. The van der Waals surface area contributed by atoms with Crippen molar-refractivity contribution >= 4 is 39.4 Å². The number of carbonyl (C=O) groups excluding carboxylic acids is 1. The fourth-order valence-electron chi connectivity index (χ4n) is 4.53. The van der Waals surface area contributed by atoms with Gasteiger partial charge in [-0.3, -0.25) is 9.35 Å². The molecule has 2 fully saturated rings. The molecule has 3 atom stereocenters. The summed E-state index contributed by atoms with van der Waals surface area (Å²) in [6.45, 7) is 4.06. The zero-order valence-corrected chi connectivity index (χ0v) is 13.6. The molecule has 3 unspecified atom stereocenters. The van der Waals surface area contributed by atoms with Crippen molar-refractivity contribution in [1.29, 1.82) is 0 Å². The molecule has 1 heterocycles. The minimum atomic E-state index is -4.47. The summed E-state index contributed by atoms with van der Waals surface area (Å²) in [5.74, 6) is 0.0763. The molecule has 0 aromatic carbocycles. The average Bonchev–Trinajstić information content (AvgIpc) is 2.90. The minimum absolute atomic E-state index is 0.0823. The van der Waals surface area contributed by atoms with Crippen LogP contribution in [-0.2, 0) is 14.9 Å². The Kier molecular flexibility index (Phi) is 3.10. The zero-order valence-electron chi connectivity index (χ0n) is 11.9. The second-order valence-corrected chi connectivity index (χ2v) is 8.51. The lowest BCUT2D eigenvalue weighted by Crippen LogP contribution is -2.58. The quantitative estimate of drug-likeness (QED) is 0.619. The largest absolute Gasteiger partial charge is 0.322 e. The van der Waals surface area contributed by atoms with Crippen LogP contribution >= 0.6 is 12.2 Å². The van der Waals surface area contributed by atoms with Gasteiger partial charge in [-0.2, -0.15) is 8.42 Å². The summed E-state index contributed by atoms with van der Waals surface area (Å²) in [6.07, 6.45) is 3.15. The van der Waals surface area contributed by atoms with Crippen molar-refractivity contribution in [3.05, 3.63) is 0 Å². The maximum absolute atomic E-state index is 12.6. The van der Waals surface area contributed by atoms with Gasteiger partial charge in [0, 0.05) is 12.6 Å². The molecule has 21 heavy (non-hydrogen) atoms. The number of hydrogen-bond acceptors (Lipinski definition) is 4. The number of thiocarbonyl (C=S) groups is 1. The smallest absolute Gasteiger partial charge is 0.287 e. The van der Waals surface area contributed by atoms with Crippen LogP contribution < -0.4 is 0 Å². The number of rotatable bonds is 3. The Hall–Kier alpha value is -0.860. The van der Waals surface area contributed by atoms with Gasteiger partial charge in [0.05, 0.1) is 12.0 Å². The molecule has 2 saturated carbocycles. The maximum atomic E-state index is 12.6. The fourth-order valence-corrected chi connectivity index (χ4v) is 6.42. The Balaban J connectivity index is 2.17.